The maximum absolute atomic E-state index is 11.9. The highest BCUT2D eigenvalue weighted by Crippen LogP contribution is 2.11. The van der Waals surface area contributed by atoms with Gasteiger partial charge in [0.25, 0.3) is 10.0 Å². The van der Waals surface area contributed by atoms with Crippen molar-refractivity contribution < 1.29 is 12.9 Å². The summed E-state index contributed by atoms with van der Waals surface area (Å²) in [7, 11) is -3.67. The van der Waals surface area contributed by atoms with E-state index in [0.717, 1.165) is 0 Å². The summed E-state index contributed by atoms with van der Waals surface area (Å²) in [5.74, 6) is 0. The van der Waals surface area contributed by atoms with Crippen LogP contribution >= 0.6 is 0 Å². The fourth-order valence-electron chi connectivity index (χ4n) is 1.25. The predicted octanol–water partition coefficient (Wildman–Crippen LogP) is -0.665. The molecule has 0 aromatic carbocycles. The van der Waals surface area contributed by atoms with Gasteiger partial charge in [-0.2, -0.15) is 5.10 Å². The van der Waals surface area contributed by atoms with Crippen molar-refractivity contribution in [3.63, 3.8) is 0 Å². The van der Waals surface area contributed by atoms with Crippen LogP contribution < -0.4 is 10.5 Å². The van der Waals surface area contributed by atoms with Crippen molar-refractivity contribution in [3.8, 4) is 0 Å². The fourth-order valence-corrected chi connectivity index (χ4v) is 2.38. The number of hydrogen-bond donors (Lipinski definition) is 3. The Kier molecular flexibility index (Phi) is 3.22. The molecule has 0 aliphatic heterocycles. The summed E-state index contributed by atoms with van der Waals surface area (Å²) >= 11 is 0. The lowest BCUT2D eigenvalue weighted by molar-refractivity contribution is 0.411. The van der Waals surface area contributed by atoms with Gasteiger partial charge in [0.2, 0.25) is 0 Å². The average Bonchev–Trinajstić information content (AvgIpc) is 2.97. The summed E-state index contributed by atoms with van der Waals surface area (Å²) in [5.41, 5.74) is 6.32. The molecule has 0 saturated carbocycles. The van der Waals surface area contributed by atoms with Gasteiger partial charge >= 0.3 is 0 Å². The number of sulfonamides is 1. The lowest BCUT2D eigenvalue weighted by Gasteiger charge is -2.04. The summed E-state index contributed by atoms with van der Waals surface area (Å²) in [6, 6.07) is 1.57. The number of hydrogen-bond acceptors (Lipinski definition) is 6. The number of aromatic nitrogens is 3. The number of nitrogens with one attached hydrogen (secondary N) is 2. The monoisotopic (exact) mass is 257 g/mol. The molecule has 0 saturated heterocycles. The Balaban J connectivity index is 2.14. The van der Waals surface area contributed by atoms with Crippen LogP contribution in [0.15, 0.2) is 28.1 Å². The Morgan fingerprint density at radius 3 is 3.00 bits per heavy atom. The minimum absolute atomic E-state index is 0.0245. The van der Waals surface area contributed by atoms with Gasteiger partial charge in [-0.1, -0.05) is 5.16 Å². The van der Waals surface area contributed by atoms with Gasteiger partial charge in [0.05, 0.1) is 18.4 Å². The van der Waals surface area contributed by atoms with E-state index in [4.69, 9.17) is 5.73 Å². The summed E-state index contributed by atoms with van der Waals surface area (Å²) < 4.78 is 30.7. The molecule has 0 spiro atoms. The molecule has 17 heavy (non-hydrogen) atoms. The largest absolute Gasteiger partial charge is 0.364 e. The van der Waals surface area contributed by atoms with Crippen LogP contribution in [0.2, 0.25) is 0 Å². The molecule has 2 rings (SSSR count). The van der Waals surface area contributed by atoms with E-state index in [9.17, 15) is 8.42 Å². The zero-order valence-electron chi connectivity index (χ0n) is 8.75. The smallest absolute Gasteiger partial charge is 0.258 e. The highest BCUT2D eigenvalue weighted by molar-refractivity contribution is 7.89. The minimum Gasteiger partial charge on any atom is -0.364 e. The molecule has 2 aromatic rings. The second-order valence-corrected chi connectivity index (χ2v) is 4.95. The number of nitrogens with zero attached hydrogens (tertiary/aromatic N) is 2. The third-order valence-corrected chi connectivity index (χ3v) is 3.52. The Morgan fingerprint density at radius 1 is 1.53 bits per heavy atom. The molecule has 92 valence electrons. The SMILES string of the molecule is NCc1cn[nH]c1S(=O)(=O)NCc1ccon1. The molecule has 0 radical (unpaired) electrons. The zero-order chi connectivity index (χ0) is 12.3. The second-order valence-electron chi connectivity index (χ2n) is 3.24. The normalized spacial score (nSPS) is 11.8. The van der Waals surface area contributed by atoms with Crippen LogP contribution in [-0.2, 0) is 23.1 Å². The van der Waals surface area contributed by atoms with E-state index in [1.165, 1.54) is 12.5 Å². The molecule has 0 atom stereocenters. The van der Waals surface area contributed by atoms with E-state index in [1.54, 1.807) is 6.07 Å². The Morgan fingerprint density at radius 2 is 2.35 bits per heavy atom. The van der Waals surface area contributed by atoms with Crippen molar-refractivity contribution in [2.45, 2.75) is 18.1 Å². The van der Waals surface area contributed by atoms with Crippen LogP contribution in [0.4, 0.5) is 0 Å². The van der Waals surface area contributed by atoms with Crippen molar-refractivity contribution in [2.75, 3.05) is 0 Å². The maximum atomic E-state index is 11.9. The van der Waals surface area contributed by atoms with Gasteiger partial charge < -0.3 is 10.3 Å². The molecule has 9 heteroatoms. The van der Waals surface area contributed by atoms with E-state index < -0.39 is 10.0 Å². The molecule has 0 amide bonds. The number of H-pyrrole nitrogens is 1. The maximum Gasteiger partial charge on any atom is 0.258 e. The minimum atomic E-state index is -3.67. The lowest BCUT2D eigenvalue weighted by atomic mass is 10.4. The summed E-state index contributed by atoms with van der Waals surface area (Å²) in [6.45, 7) is 0.137. The second kappa shape index (κ2) is 4.65. The van der Waals surface area contributed by atoms with Crippen LogP contribution in [0, 0.1) is 0 Å². The molecule has 0 fully saturated rings. The van der Waals surface area contributed by atoms with Crippen LogP contribution in [0.1, 0.15) is 11.3 Å². The third kappa shape index (κ3) is 2.52. The van der Waals surface area contributed by atoms with Crippen molar-refractivity contribution in [3.05, 3.63) is 29.8 Å². The third-order valence-electron chi connectivity index (χ3n) is 2.10. The standard InChI is InChI=1S/C8H11N5O3S/c9-3-6-4-10-12-8(6)17(14,15)11-5-7-1-2-16-13-7/h1-2,4,11H,3,5,9H2,(H,10,12). The fraction of sp³-hybridized carbons (Fsp3) is 0.250. The van der Waals surface area contributed by atoms with Gasteiger partial charge in [-0.05, 0) is 0 Å². The van der Waals surface area contributed by atoms with Gasteiger partial charge in [-0.25, -0.2) is 13.1 Å². The molecule has 0 aliphatic carbocycles. The lowest BCUT2D eigenvalue weighted by Crippen LogP contribution is -2.25. The topological polar surface area (TPSA) is 127 Å². The molecule has 0 aliphatic rings. The molecule has 0 unspecified atom stereocenters. The molecule has 2 aromatic heterocycles. The van der Waals surface area contributed by atoms with Crippen molar-refractivity contribution in [1.82, 2.24) is 20.1 Å². The molecule has 2 heterocycles. The highest BCUT2D eigenvalue weighted by Gasteiger charge is 2.20. The molecule has 4 N–H and O–H groups in total. The van der Waals surface area contributed by atoms with Crippen LogP contribution in [0.25, 0.3) is 0 Å². The molecular weight excluding hydrogens is 246 g/mol. The van der Waals surface area contributed by atoms with Crippen LogP contribution in [-0.4, -0.2) is 23.8 Å². The zero-order valence-corrected chi connectivity index (χ0v) is 9.57. The average molecular weight is 257 g/mol. The predicted molar refractivity (Wildman–Crippen MR) is 57.0 cm³/mol. The van der Waals surface area contributed by atoms with Gasteiger partial charge in [0, 0.05) is 18.2 Å². The quantitative estimate of drug-likeness (QED) is 0.652. The molecule has 8 nitrogen and oxygen atoms in total. The van der Waals surface area contributed by atoms with E-state index in [-0.39, 0.29) is 18.1 Å². The van der Waals surface area contributed by atoms with Crippen molar-refractivity contribution in [1.29, 1.82) is 0 Å². The van der Waals surface area contributed by atoms with Crippen molar-refractivity contribution in [2.24, 2.45) is 5.73 Å². The van der Waals surface area contributed by atoms with Crippen molar-refractivity contribution >= 4 is 10.0 Å². The Hall–Kier alpha value is -1.71. The Bertz CT molecular complexity index is 574. The first-order valence-electron chi connectivity index (χ1n) is 4.74. The highest BCUT2D eigenvalue weighted by atomic mass is 32.2. The summed E-state index contributed by atoms with van der Waals surface area (Å²) in [6.07, 6.45) is 2.75. The first kappa shape index (κ1) is 11.8. The van der Waals surface area contributed by atoms with E-state index >= 15 is 0 Å². The summed E-state index contributed by atoms with van der Waals surface area (Å²) in [5, 5.41) is 9.61. The van der Waals surface area contributed by atoms with E-state index in [0.29, 0.717) is 11.3 Å². The number of rotatable bonds is 5. The van der Waals surface area contributed by atoms with Gasteiger partial charge in [0.15, 0.2) is 5.03 Å². The van der Waals surface area contributed by atoms with Crippen LogP contribution in [0.5, 0.6) is 0 Å². The number of aromatic amines is 1. The summed E-state index contributed by atoms with van der Waals surface area (Å²) in [4.78, 5) is 0. The van der Waals surface area contributed by atoms with Gasteiger partial charge in [0.1, 0.15) is 6.26 Å². The van der Waals surface area contributed by atoms with Gasteiger partial charge in [-0.3, -0.25) is 5.10 Å². The van der Waals surface area contributed by atoms with E-state index in [2.05, 4.69) is 24.6 Å². The van der Waals surface area contributed by atoms with E-state index in [1.807, 2.05) is 0 Å². The van der Waals surface area contributed by atoms with Crippen LogP contribution in [0.3, 0.4) is 0 Å². The molecule has 0 bridgehead atoms. The molecular formula is C8H11N5O3S. The first-order chi connectivity index (χ1) is 8.13. The number of nitrogens with two attached hydrogens (primary N) is 1. The Labute approximate surface area is 97.2 Å². The van der Waals surface area contributed by atoms with Gasteiger partial charge in [-0.15, -0.1) is 0 Å². The first-order valence-corrected chi connectivity index (χ1v) is 6.23.